The molecule has 2 fully saturated rings. The molecule has 0 radical (unpaired) electrons. The lowest BCUT2D eigenvalue weighted by molar-refractivity contribution is -0.141. The van der Waals surface area contributed by atoms with Gasteiger partial charge in [-0.3, -0.25) is 14.4 Å². The van der Waals surface area contributed by atoms with E-state index in [1.165, 1.54) is 0 Å². The number of likely N-dealkylation sites (tertiary alicyclic amines) is 2. The molecule has 6 nitrogen and oxygen atoms in total. The first kappa shape index (κ1) is 16.2. The van der Waals surface area contributed by atoms with Crippen LogP contribution in [0.3, 0.4) is 0 Å². The van der Waals surface area contributed by atoms with E-state index in [2.05, 4.69) is 0 Å². The van der Waals surface area contributed by atoms with E-state index < -0.39 is 11.9 Å². The number of carboxylic acid groups (broad SMARTS) is 1. The first-order valence-electron chi connectivity index (χ1n) is 8.09. The molecule has 2 heterocycles. The van der Waals surface area contributed by atoms with E-state index in [4.69, 9.17) is 5.11 Å². The highest BCUT2D eigenvalue weighted by Gasteiger charge is 2.40. The van der Waals surface area contributed by atoms with Crippen LogP contribution >= 0.6 is 0 Å². The average molecular weight is 328 g/mol. The Balaban J connectivity index is 1.57. The number of benzene rings is 1. The van der Waals surface area contributed by atoms with Crippen molar-refractivity contribution in [1.29, 1.82) is 0 Å². The summed E-state index contributed by atoms with van der Waals surface area (Å²) in [6.45, 7) is 1.31. The molecule has 0 aliphatic carbocycles. The summed E-state index contributed by atoms with van der Waals surface area (Å²) in [7, 11) is 0. The minimum absolute atomic E-state index is 0.0632. The fraction of sp³-hybridized carbons (Fsp3) is 0.389. The standard InChI is InChI=1S/C18H20N2O4/c21-16(7-6-13-4-2-1-3-5-13)19-9-8-15(12-19)20-11-14(18(23)24)10-17(20)22/h1-7,14-15H,8-12H2,(H,23,24)/b7-6+. The molecule has 0 saturated carbocycles. The van der Waals surface area contributed by atoms with Crippen molar-refractivity contribution in [2.45, 2.75) is 18.9 Å². The zero-order valence-corrected chi connectivity index (χ0v) is 13.3. The molecular formula is C18H20N2O4. The third-order valence-electron chi connectivity index (χ3n) is 4.64. The number of nitrogens with zero attached hydrogens (tertiary/aromatic N) is 2. The van der Waals surface area contributed by atoms with Crippen LogP contribution in [0.2, 0.25) is 0 Å². The summed E-state index contributed by atoms with van der Waals surface area (Å²) < 4.78 is 0. The van der Waals surface area contributed by atoms with Crippen molar-refractivity contribution in [1.82, 2.24) is 9.80 Å². The number of amides is 2. The summed E-state index contributed by atoms with van der Waals surface area (Å²) >= 11 is 0. The Kier molecular flexibility index (Phi) is 4.64. The minimum Gasteiger partial charge on any atom is -0.481 e. The zero-order chi connectivity index (χ0) is 17.1. The number of aliphatic carboxylic acids is 1. The van der Waals surface area contributed by atoms with E-state index in [1.807, 2.05) is 30.3 Å². The van der Waals surface area contributed by atoms with Crippen LogP contribution in [0.25, 0.3) is 6.08 Å². The third kappa shape index (κ3) is 3.48. The number of rotatable bonds is 4. The topological polar surface area (TPSA) is 77.9 Å². The highest BCUT2D eigenvalue weighted by atomic mass is 16.4. The van der Waals surface area contributed by atoms with Gasteiger partial charge in [0, 0.05) is 32.1 Å². The Labute approximate surface area is 140 Å². The van der Waals surface area contributed by atoms with Crippen molar-refractivity contribution >= 4 is 23.9 Å². The second-order valence-electron chi connectivity index (χ2n) is 6.26. The molecule has 2 atom stereocenters. The van der Waals surface area contributed by atoms with E-state index in [9.17, 15) is 14.4 Å². The van der Waals surface area contributed by atoms with Crippen molar-refractivity contribution in [2.24, 2.45) is 5.92 Å². The SMILES string of the molecule is O=C(O)C1CC(=O)N(C2CCN(C(=O)/C=C/c3ccccc3)C2)C1. The van der Waals surface area contributed by atoms with Crippen LogP contribution in [0.15, 0.2) is 36.4 Å². The number of hydrogen-bond donors (Lipinski definition) is 1. The molecular weight excluding hydrogens is 308 g/mol. The van der Waals surface area contributed by atoms with Gasteiger partial charge in [-0.1, -0.05) is 30.3 Å². The van der Waals surface area contributed by atoms with Crippen molar-refractivity contribution in [3.8, 4) is 0 Å². The Morgan fingerprint density at radius 1 is 1.17 bits per heavy atom. The summed E-state index contributed by atoms with van der Waals surface area (Å²) in [5.41, 5.74) is 0.959. The molecule has 2 aliphatic heterocycles. The van der Waals surface area contributed by atoms with E-state index in [-0.39, 0.29) is 30.8 Å². The Bertz CT molecular complexity index is 671. The second kappa shape index (κ2) is 6.86. The lowest BCUT2D eigenvalue weighted by Gasteiger charge is -2.24. The van der Waals surface area contributed by atoms with Crippen molar-refractivity contribution in [2.75, 3.05) is 19.6 Å². The molecule has 2 aliphatic rings. The van der Waals surface area contributed by atoms with Gasteiger partial charge in [0.2, 0.25) is 11.8 Å². The predicted molar refractivity (Wildman–Crippen MR) is 87.9 cm³/mol. The summed E-state index contributed by atoms with van der Waals surface area (Å²) in [4.78, 5) is 38.7. The van der Waals surface area contributed by atoms with Crippen LogP contribution in [-0.4, -0.2) is 58.4 Å². The zero-order valence-electron chi connectivity index (χ0n) is 13.3. The van der Waals surface area contributed by atoms with Gasteiger partial charge in [0.1, 0.15) is 0 Å². The van der Waals surface area contributed by atoms with Gasteiger partial charge in [0.15, 0.2) is 0 Å². The maximum Gasteiger partial charge on any atom is 0.308 e. The highest BCUT2D eigenvalue weighted by Crippen LogP contribution is 2.25. The largest absolute Gasteiger partial charge is 0.481 e. The van der Waals surface area contributed by atoms with Crippen LogP contribution in [-0.2, 0) is 14.4 Å². The van der Waals surface area contributed by atoms with Crippen LogP contribution in [0.1, 0.15) is 18.4 Å². The van der Waals surface area contributed by atoms with Gasteiger partial charge in [0.05, 0.1) is 12.0 Å². The minimum atomic E-state index is -0.928. The number of hydrogen-bond acceptors (Lipinski definition) is 3. The quantitative estimate of drug-likeness (QED) is 0.844. The van der Waals surface area contributed by atoms with E-state index >= 15 is 0 Å². The molecule has 2 unspecified atom stereocenters. The van der Waals surface area contributed by atoms with E-state index in [0.29, 0.717) is 19.5 Å². The molecule has 126 valence electrons. The monoisotopic (exact) mass is 328 g/mol. The Morgan fingerprint density at radius 2 is 1.92 bits per heavy atom. The van der Waals surface area contributed by atoms with E-state index in [0.717, 1.165) is 5.56 Å². The fourth-order valence-corrected chi connectivity index (χ4v) is 3.28. The van der Waals surface area contributed by atoms with Gasteiger partial charge in [-0.05, 0) is 18.1 Å². The molecule has 1 N–H and O–H groups in total. The number of carboxylic acids is 1. The van der Waals surface area contributed by atoms with Crippen LogP contribution in [0.5, 0.6) is 0 Å². The maximum atomic E-state index is 12.3. The smallest absolute Gasteiger partial charge is 0.308 e. The van der Waals surface area contributed by atoms with Gasteiger partial charge < -0.3 is 14.9 Å². The van der Waals surface area contributed by atoms with Crippen molar-refractivity contribution < 1.29 is 19.5 Å². The fourth-order valence-electron chi connectivity index (χ4n) is 3.28. The van der Waals surface area contributed by atoms with Crippen LogP contribution < -0.4 is 0 Å². The lowest BCUT2D eigenvalue weighted by atomic mass is 10.1. The third-order valence-corrected chi connectivity index (χ3v) is 4.64. The van der Waals surface area contributed by atoms with Gasteiger partial charge in [-0.2, -0.15) is 0 Å². The summed E-state index contributed by atoms with van der Waals surface area (Å²) in [5, 5.41) is 9.06. The number of carbonyl (C=O) groups is 3. The second-order valence-corrected chi connectivity index (χ2v) is 6.26. The number of carbonyl (C=O) groups excluding carboxylic acids is 2. The maximum absolute atomic E-state index is 12.3. The van der Waals surface area contributed by atoms with Crippen molar-refractivity contribution in [3.05, 3.63) is 42.0 Å². The van der Waals surface area contributed by atoms with Crippen molar-refractivity contribution in [3.63, 3.8) is 0 Å². The molecule has 6 heteroatoms. The predicted octanol–water partition coefficient (Wildman–Crippen LogP) is 1.23. The molecule has 24 heavy (non-hydrogen) atoms. The molecule has 0 aromatic heterocycles. The summed E-state index contributed by atoms with van der Waals surface area (Å²) in [6, 6.07) is 9.51. The van der Waals surface area contributed by atoms with E-state index in [1.54, 1.807) is 22.0 Å². The Morgan fingerprint density at radius 3 is 2.58 bits per heavy atom. The van der Waals surface area contributed by atoms with Gasteiger partial charge in [-0.25, -0.2) is 0 Å². The molecule has 1 aromatic carbocycles. The van der Waals surface area contributed by atoms with Gasteiger partial charge in [-0.15, -0.1) is 0 Å². The first-order chi connectivity index (χ1) is 11.5. The van der Waals surface area contributed by atoms with Crippen LogP contribution in [0.4, 0.5) is 0 Å². The van der Waals surface area contributed by atoms with Gasteiger partial charge >= 0.3 is 5.97 Å². The normalized spacial score (nSPS) is 24.1. The van der Waals surface area contributed by atoms with Gasteiger partial charge in [0.25, 0.3) is 0 Å². The molecule has 1 aromatic rings. The first-order valence-corrected chi connectivity index (χ1v) is 8.09. The average Bonchev–Trinajstić information content (AvgIpc) is 3.20. The molecule has 2 saturated heterocycles. The lowest BCUT2D eigenvalue weighted by Crippen LogP contribution is -2.39. The summed E-state index contributed by atoms with van der Waals surface area (Å²) in [6.07, 6.45) is 4.08. The van der Waals surface area contributed by atoms with Crippen LogP contribution in [0, 0.1) is 5.92 Å². The molecule has 2 amide bonds. The molecule has 0 spiro atoms. The Hall–Kier alpha value is -2.63. The molecule has 3 rings (SSSR count). The highest BCUT2D eigenvalue weighted by molar-refractivity contribution is 5.92. The summed E-state index contributed by atoms with van der Waals surface area (Å²) in [5.74, 6) is -1.76. The molecule has 0 bridgehead atoms.